The van der Waals surface area contributed by atoms with Gasteiger partial charge in [-0.05, 0) is 25.8 Å². The Morgan fingerprint density at radius 1 is 1.32 bits per heavy atom. The third kappa shape index (κ3) is 3.09. The summed E-state index contributed by atoms with van der Waals surface area (Å²) < 4.78 is 5.59. The van der Waals surface area contributed by atoms with Crippen molar-refractivity contribution in [2.24, 2.45) is 9.98 Å². The number of rotatable bonds is 2. The van der Waals surface area contributed by atoms with Crippen LogP contribution in [-0.4, -0.2) is 60.3 Å². The van der Waals surface area contributed by atoms with Crippen LogP contribution >= 0.6 is 0 Å². The average Bonchev–Trinajstić information content (AvgIpc) is 3.14. The first-order valence-corrected chi connectivity index (χ1v) is 10.0. The number of allylic oxidation sites excluding steroid dienone is 2. The van der Waals surface area contributed by atoms with Crippen LogP contribution in [0, 0.1) is 0 Å². The van der Waals surface area contributed by atoms with Crippen LogP contribution < -0.4 is 10.6 Å². The average molecular weight is 379 g/mol. The second kappa shape index (κ2) is 7.05. The fourth-order valence-electron chi connectivity index (χ4n) is 4.33. The Labute approximate surface area is 164 Å². The van der Waals surface area contributed by atoms with E-state index < -0.39 is 0 Å². The quantitative estimate of drug-likeness (QED) is 0.729. The number of ether oxygens (including phenoxy) is 1. The van der Waals surface area contributed by atoms with Gasteiger partial charge in [-0.25, -0.2) is 0 Å². The Morgan fingerprint density at radius 2 is 2.25 bits per heavy atom. The fourth-order valence-corrected chi connectivity index (χ4v) is 4.33. The van der Waals surface area contributed by atoms with Gasteiger partial charge >= 0.3 is 0 Å². The van der Waals surface area contributed by atoms with E-state index in [0.29, 0.717) is 13.2 Å². The van der Waals surface area contributed by atoms with E-state index in [4.69, 9.17) is 14.7 Å². The van der Waals surface area contributed by atoms with Gasteiger partial charge in [-0.2, -0.15) is 0 Å². The summed E-state index contributed by atoms with van der Waals surface area (Å²) in [6, 6.07) is 2.13. The molecule has 1 fully saturated rings. The standard InChI is InChI=1S/C21H25N5O2/c1-12-20(24-13-4-3-9-28-11-13)26-19-14(5-2-6-17(19)23-12)18-10-15-16(25-18)7-8-22-21(15)27/h2,5-6,10,13,17,19,25H,3-4,7-9,11H2,1H3,(H,22,27)(H,24,26). The molecule has 1 aliphatic carbocycles. The van der Waals surface area contributed by atoms with E-state index >= 15 is 0 Å². The lowest BCUT2D eigenvalue weighted by molar-refractivity contribution is 0.0765. The maximum absolute atomic E-state index is 12.1. The molecule has 3 N–H and O–H groups in total. The third-order valence-electron chi connectivity index (χ3n) is 5.80. The summed E-state index contributed by atoms with van der Waals surface area (Å²) in [4.78, 5) is 25.5. The number of carbonyl (C=O) groups excluding carboxylic acids is 1. The summed E-state index contributed by atoms with van der Waals surface area (Å²) in [6.07, 6.45) is 9.19. The van der Waals surface area contributed by atoms with E-state index in [-0.39, 0.29) is 24.0 Å². The van der Waals surface area contributed by atoms with Crippen LogP contribution in [0.25, 0.3) is 5.57 Å². The molecule has 0 saturated carbocycles. The maximum Gasteiger partial charge on any atom is 0.253 e. The van der Waals surface area contributed by atoms with Crippen molar-refractivity contribution in [2.45, 2.75) is 44.3 Å². The van der Waals surface area contributed by atoms with Crippen LogP contribution in [-0.2, 0) is 11.2 Å². The Morgan fingerprint density at radius 3 is 3.07 bits per heavy atom. The number of aliphatic imine (C=N–C) groups is 2. The Hall–Kier alpha value is -2.67. The molecule has 4 aliphatic rings. The zero-order valence-electron chi connectivity index (χ0n) is 16.0. The van der Waals surface area contributed by atoms with Gasteiger partial charge in [-0.15, -0.1) is 0 Å². The predicted octanol–water partition coefficient (Wildman–Crippen LogP) is 1.63. The molecule has 0 radical (unpaired) electrons. The van der Waals surface area contributed by atoms with Gasteiger partial charge in [0.25, 0.3) is 5.91 Å². The summed E-state index contributed by atoms with van der Waals surface area (Å²) in [5, 5.41) is 6.44. The summed E-state index contributed by atoms with van der Waals surface area (Å²) in [6.45, 7) is 4.23. The first kappa shape index (κ1) is 17.4. The minimum absolute atomic E-state index is 0.00656. The molecule has 1 amide bonds. The number of amidine groups is 1. The number of carbonyl (C=O) groups is 1. The van der Waals surface area contributed by atoms with E-state index in [9.17, 15) is 4.79 Å². The molecule has 0 spiro atoms. The van der Waals surface area contributed by atoms with Crippen molar-refractivity contribution in [2.75, 3.05) is 19.8 Å². The first-order valence-electron chi connectivity index (χ1n) is 10.0. The number of H-pyrrole nitrogens is 1. The lowest BCUT2D eigenvalue weighted by Crippen LogP contribution is -2.46. The van der Waals surface area contributed by atoms with Crippen molar-refractivity contribution in [3.63, 3.8) is 0 Å². The van der Waals surface area contributed by atoms with E-state index in [2.05, 4.69) is 27.8 Å². The molecule has 3 aliphatic heterocycles. The number of hydrogen-bond acceptors (Lipinski definition) is 5. The summed E-state index contributed by atoms with van der Waals surface area (Å²) in [5.41, 5.74) is 4.71. The number of nitrogens with zero attached hydrogens (tertiary/aromatic N) is 2. The maximum atomic E-state index is 12.1. The van der Waals surface area contributed by atoms with Crippen LogP contribution in [0.5, 0.6) is 0 Å². The van der Waals surface area contributed by atoms with Crippen LogP contribution in [0.15, 0.2) is 34.3 Å². The number of aromatic amines is 1. The van der Waals surface area contributed by atoms with E-state index in [1.165, 1.54) is 0 Å². The van der Waals surface area contributed by atoms with Gasteiger partial charge in [0, 0.05) is 36.5 Å². The molecule has 3 unspecified atom stereocenters. The zero-order valence-corrected chi connectivity index (χ0v) is 16.0. The molecule has 7 nitrogen and oxygen atoms in total. The fraction of sp³-hybridized carbons (Fsp3) is 0.476. The largest absolute Gasteiger partial charge is 0.379 e. The minimum Gasteiger partial charge on any atom is -0.379 e. The predicted molar refractivity (Wildman–Crippen MR) is 109 cm³/mol. The van der Waals surface area contributed by atoms with Crippen molar-refractivity contribution in [1.82, 2.24) is 15.6 Å². The molecule has 146 valence electrons. The zero-order chi connectivity index (χ0) is 19.1. The molecule has 1 aromatic rings. The van der Waals surface area contributed by atoms with E-state index in [1.807, 2.05) is 19.1 Å². The van der Waals surface area contributed by atoms with Gasteiger partial charge < -0.3 is 20.4 Å². The van der Waals surface area contributed by atoms with Crippen LogP contribution in [0.1, 0.15) is 41.5 Å². The molecule has 1 aromatic heterocycles. The molecule has 0 bridgehead atoms. The lowest BCUT2D eigenvalue weighted by atomic mass is 9.91. The SMILES string of the molecule is CC1=NC2C=CC=C(c3cc4c([nH]3)CCNC4=O)C2N=C1NC1CCCOC1. The van der Waals surface area contributed by atoms with Gasteiger partial charge in [0.15, 0.2) is 0 Å². The van der Waals surface area contributed by atoms with Crippen LogP contribution in [0.2, 0.25) is 0 Å². The molecule has 28 heavy (non-hydrogen) atoms. The highest BCUT2D eigenvalue weighted by molar-refractivity contribution is 6.41. The number of nitrogens with one attached hydrogen (secondary N) is 3. The van der Waals surface area contributed by atoms with Gasteiger partial charge in [-0.1, -0.05) is 18.2 Å². The summed E-state index contributed by atoms with van der Waals surface area (Å²) in [5.74, 6) is 0.847. The molecule has 0 aromatic carbocycles. The van der Waals surface area contributed by atoms with Gasteiger partial charge in [0.1, 0.15) is 11.9 Å². The monoisotopic (exact) mass is 379 g/mol. The highest BCUT2D eigenvalue weighted by atomic mass is 16.5. The molecule has 5 rings (SSSR count). The molecule has 3 atom stereocenters. The van der Waals surface area contributed by atoms with Crippen molar-refractivity contribution in [3.05, 3.63) is 41.2 Å². The van der Waals surface area contributed by atoms with Crippen molar-refractivity contribution in [3.8, 4) is 0 Å². The summed E-state index contributed by atoms with van der Waals surface area (Å²) in [7, 11) is 0. The van der Waals surface area contributed by atoms with Gasteiger partial charge in [-0.3, -0.25) is 14.8 Å². The van der Waals surface area contributed by atoms with E-state index in [1.54, 1.807) is 0 Å². The van der Waals surface area contributed by atoms with Crippen molar-refractivity contribution >= 4 is 23.0 Å². The highest BCUT2D eigenvalue weighted by Crippen LogP contribution is 2.32. The molecule has 4 heterocycles. The second-order valence-electron chi connectivity index (χ2n) is 7.77. The van der Waals surface area contributed by atoms with Gasteiger partial charge in [0.05, 0.1) is 30.0 Å². The summed E-state index contributed by atoms with van der Waals surface area (Å²) >= 11 is 0. The minimum atomic E-state index is -0.0936. The third-order valence-corrected chi connectivity index (χ3v) is 5.80. The van der Waals surface area contributed by atoms with Crippen LogP contribution in [0.3, 0.4) is 0 Å². The normalized spacial score (nSPS) is 29.1. The number of fused-ring (bicyclic) bond motifs is 2. The number of amides is 1. The smallest absolute Gasteiger partial charge is 0.253 e. The van der Waals surface area contributed by atoms with Crippen molar-refractivity contribution < 1.29 is 9.53 Å². The Kier molecular flexibility index (Phi) is 4.39. The van der Waals surface area contributed by atoms with Gasteiger partial charge in [0.2, 0.25) is 0 Å². The lowest BCUT2D eigenvalue weighted by Gasteiger charge is -2.31. The topological polar surface area (TPSA) is 90.9 Å². The molecule has 1 saturated heterocycles. The molecular formula is C21H25N5O2. The number of hydrogen-bond donors (Lipinski definition) is 3. The Balaban J connectivity index is 1.44. The van der Waals surface area contributed by atoms with Crippen molar-refractivity contribution in [1.29, 1.82) is 0 Å². The number of aromatic nitrogens is 1. The van der Waals surface area contributed by atoms with Crippen LogP contribution in [0.4, 0.5) is 0 Å². The molecular weight excluding hydrogens is 354 g/mol. The molecule has 7 heteroatoms. The van der Waals surface area contributed by atoms with E-state index in [0.717, 1.165) is 59.9 Å². The first-order chi connectivity index (χ1) is 13.7. The second-order valence-corrected chi connectivity index (χ2v) is 7.77. The highest BCUT2D eigenvalue weighted by Gasteiger charge is 2.32. The Bertz CT molecular complexity index is 917.